The molecule has 37 heavy (non-hydrogen) atoms. The zero-order valence-corrected chi connectivity index (χ0v) is 19.6. The fourth-order valence-corrected chi connectivity index (χ4v) is 5.02. The minimum atomic E-state index is -3.57. The summed E-state index contributed by atoms with van der Waals surface area (Å²) in [6, 6.07) is 5.74. The van der Waals surface area contributed by atoms with E-state index < -0.39 is 63.9 Å². The Morgan fingerprint density at radius 1 is 1.03 bits per heavy atom. The molecule has 1 aromatic carbocycles. The standard InChI is InChI=1S/C24H18F5N3O4S/c25-18-2-1-15(8-19(18)26)16-9-20(27)21(31-11-16)10-23(33)32(17-4-6-37(34,35)13-17)12-14-3-5-30-22(7-14)36-24(28)29/h1-9,11,17,24H,10,12-13H2. The van der Waals surface area contributed by atoms with Gasteiger partial charge in [0.2, 0.25) is 11.8 Å². The number of sulfone groups is 1. The lowest BCUT2D eigenvalue weighted by molar-refractivity contribution is -0.132. The Morgan fingerprint density at radius 2 is 1.78 bits per heavy atom. The van der Waals surface area contributed by atoms with Gasteiger partial charge >= 0.3 is 6.61 Å². The normalized spacial score (nSPS) is 16.2. The molecule has 1 amide bonds. The molecule has 0 fully saturated rings. The van der Waals surface area contributed by atoms with Gasteiger partial charge in [-0.3, -0.25) is 9.78 Å². The molecule has 1 aliphatic heterocycles. The maximum atomic E-state index is 14.8. The van der Waals surface area contributed by atoms with E-state index in [0.29, 0.717) is 5.56 Å². The highest BCUT2D eigenvalue weighted by Gasteiger charge is 2.31. The Balaban J connectivity index is 1.57. The smallest absolute Gasteiger partial charge is 0.388 e. The van der Waals surface area contributed by atoms with E-state index in [4.69, 9.17) is 0 Å². The van der Waals surface area contributed by atoms with Gasteiger partial charge in [0.15, 0.2) is 21.5 Å². The van der Waals surface area contributed by atoms with Crippen LogP contribution in [0.5, 0.6) is 5.88 Å². The van der Waals surface area contributed by atoms with Crippen molar-refractivity contribution < 1.29 is 39.9 Å². The van der Waals surface area contributed by atoms with E-state index in [-0.39, 0.29) is 23.4 Å². The number of aromatic nitrogens is 2. The molecule has 1 unspecified atom stereocenters. The number of carbonyl (C=O) groups excluding carboxylic acids is 1. The van der Waals surface area contributed by atoms with Gasteiger partial charge in [-0.05, 0) is 41.5 Å². The first kappa shape index (κ1) is 26.2. The van der Waals surface area contributed by atoms with Gasteiger partial charge in [0, 0.05) is 36.0 Å². The third-order valence-corrected chi connectivity index (χ3v) is 6.86. The zero-order chi connectivity index (χ0) is 26.7. The summed E-state index contributed by atoms with van der Waals surface area (Å²) in [5, 5.41) is 0.964. The van der Waals surface area contributed by atoms with Crippen molar-refractivity contribution in [3.05, 3.63) is 89.0 Å². The Labute approximate surface area is 208 Å². The van der Waals surface area contributed by atoms with Gasteiger partial charge in [0.05, 0.1) is 23.9 Å². The van der Waals surface area contributed by atoms with Crippen molar-refractivity contribution in [2.45, 2.75) is 25.6 Å². The summed E-state index contributed by atoms with van der Waals surface area (Å²) in [6.45, 7) is -3.33. The van der Waals surface area contributed by atoms with Crippen molar-refractivity contribution in [1.29, 1.82) is 0 Å². The second kappa shape index (κ2) is 10.6. The third-order valence-electron chi connectivity index (χ3n) is 5.48. The molecule has 0 radical (unpaired) electrons. The summed E-state index contributed by atoms with van der Waals surface area (Å²) < 4.78 is 94.9. The molecule has 1 atom stereocenters. The van der Waals surface area contributed by atoms with E-state index >= 15 is 0 Å². The summed E-state index contributed by atoms with van der Waals surface area (Å²) >= 11 is 0. The van der Waals surface area contributed by atoms with E-state index in [2.05, 4.69) is 14.7 Å². The third kappa shape index (κ3) is 6.47. The number of hydrogen-bond acceptors (Lipinski definition) is 6. The van der Waals surface area contributed by atoms with Crippen LogP contribution >= 0.6 is 0 Å². The molecule has 3 aromatic rings. The topological polar surface area (TPSA) is 89.5 Å². The van der Waals surface area contributed by atoms with Crippen molar-refractivity contribution in [1.82, 2.24) is 14.9 Å². The first-order chi connectivity index (χ1) is 17.5. The molecule has 0 aliphatic carbocycles. The van der Waals surface area contributed by atoms with Gasteiger partial charge in [-0.15, -0.1) is 0 Å². The molecule has 0 N–H and O–H groups in total. The van der Waals surface area contributed by atoms with Crippen molar-refractivity contribution >= 4 is 15.7 Å². The van der Waals surface area contributed by atoms with Gasteiger partial charge in [0.1, 0.15) is 5.82 Å². The summed E-state index contributed by atoms with van der Waals surface area (Å²) in [4.78, 5) is 22.0. The maximum Gasteiger partial charge on any atom is 0.388 e. The highest BCUT2D eigenvalue weighted by molar-refractivity contribution is 7.94. The molecule has 13 heteroatoms. The lowest BCUT2D eigenvalue weighted by Gasteiger charge is -2.28. The van der Waals surface area contributed by atoms with Gasteiger partial charge in [-0.1, -0.05) is 6.07 Å². The van der Waals surface area contributed by atoms with E-state index in [9.17, 15) is 35.2 Å². The summed E-state index contributed by atoms with van der Waals surface area (Å²) in [6.07, 6.45) is 3.13. The summed E-state index contributed by atoms with van der Waals surface area (Å²) in [5.74, 6) is -4.56. The minimum absolute atomic E-state index is 0.151. The number of rotatable bonds is 8. The quantitative estimate of drug-likeness (QED) is 0.402. The number of carbonyl (C=O) groups is 1. The average molecular weight is 539 g/mol. The van der Waals surface area contributed by atoms with Gasteiger partial charge in [-0.25, -0.2) is 26.6 Å². The number of alkyl halides is 2. The Kier molecular flexibility index (Phi) is 7.52. The van der Waals surface area contributed by atoms with Crippen LogP contribution in [0.1, 0.15) is 11.3 Å². The van der Waals surface area contributed by atoms with Gasteiger partial charge < -0.3 is 9.64 Å². The molecule has 0 bridgehead atoms. The molecule has 0 spiro atoms. The second-order valence-electron chi connectivity index (χ2n) is 8.09. The minimum Gasteiger partial charge on any atom is -0.417 e. The van der Waals surface area contributed by atoms with E-state index in [1.807, 2.05) is 0 Å². The number of pyridine rings is 2. The molecule has 7 nitrogen and oxygen atoms in total. The highest BCUT2D eigenvalue weighted by Crippen LogP contribution is 2.24. The van der Waals surface area contributed by atoms with Crippen LogP contribution in [-0.4, -0.2) is 47.6 Å². The SMILES string of the molecule is O=C(Cc1ncc(-c2ccc(F)c(F)c2)cc1F)N(Cc1ccnc(OC(F)F)c1)C1C=CS(=O)(=O)C1. The molecule has 4 rings (SSSR count). The Morgan fingerprint density at radius 3 is 2.43 bits per heavy atom. The fraction of sp³-hybridized carbons (Fsp3) is 0.208. The maximum absolute atomic E-state index is 14.8. The van der Waals surface area contributed by atoms with Crippen molar-refractivity contribution in [2.24, 2.45) is 0 Å². The second-order valence-corrected chi connectivity index (χ2v) is 10.0. The zero-order valence-electron chi connectivity index (χ0n) is 18.8. The highest BCUT2D eigenvalue weighted by atomic mass is 32.2. The van der Waals surface area contributed by atoms with E-state index in [1.54, 1.807) is 0 Å². The Bertz CT molecular complexity index is 1470. The molecule has 2 aromatic heterocycles. The molecule has 3 heterocycles. The average Bonchev–Trinajstić information content (AvgIpc) is 3.19. The van der Waals surface area contributed by atoms with Crippen LogP contribution in [0, 0.1) is 17.5 Å². The number of hydrogen-bond donors (Lipinski definition) is 0. The van der Waals surface area contributed by atoms with Crippen LogP contribution in [0.4, 0.5) is 22.0 Å². The van der Waals surface area contributed by atoms with Crippen molar-refractivity contribution in [3.8, 4) is 17.0 Å². The number of ether oxygens (including phenoxy) is 1. The predicted molar refractivity (Wildman–Crippen MR) is 121 cm³/mol. The summed E-state index contributed by atoms with van der Waals surface area (Å²) in [7, 11) is -3.57. The van der Waals surface area contributed by atoms with Crippen LogP contribution in [0.3, 0.4) is 0 Å². The molecule has 194 valence electrons. The monoisotopic (exact) mass is 539 g/mol. The Hall–Kier alpha value is -3.87. The van der Waals surface area contributed by atoms with Gasteiger partial charge in [0.25, 0.3) is 0 Å². The molecule has 0 saturated carbocycles. The van der Waals surface area contributed by atoms with Crippen LogP contribution in [0.2, 0.25) is 0 Å². The van der Waals surface area contributed by atoms with Crippen LogP contribution < -0.4 is 4.74 Å². The number of halogens is 5. The predicted octanol–water partition coefficient (Wildman–Crippen LogP) is 4.04. The first-order valence-corrected chi connectivity index (χ1v) is 12.4. The van der Waals surface area contributed by atoms with Crippen molar-refractivity contribution in [3.63, 3.8) is 0 Å². The fourth-order valence-electron chi connectivity index (χ4n) is 3.72. The van der Waals surface area contributed by atoms with Gasteiger partial charge in [-0.2, -0.15) is 8.78 Å². The number of amides is 1. The van der Waals surface area contributed by atoms with Crippen LogP contribution in [0.25, 0.3) is 11.1 Å². The molecule has 1 aliphatic rings. The summed E-state index contributed by atoms with van der Waals surface area (Å²) in [5.41, 5.74) is 0.379. The van der Waals surface area contributed by atoms with E-state index in [1.165, 1.54) is 36.7 Å². The van der Waals surface area contributed by atoms with Crippen LogP contribution in [-0.2, 0) is 27.6 Å². The van der Waals surface area contributed by atoms with Crippen LogP contribution in [0.15, 0.2) is 60.3 Å². The molecule has 0 saturated heterocycles. The largest absolute Gasteiger partial charge is 0.417 e. The lowest BCUT2D eigenvalue weighted by Crippen LogP contribution is -2.41. The number of nitrogens with zero attached hydrogens (tertiary/aromatic N) is 3. The molecular formula is C24H18F5N3O4S. The van der Waals surface area contributed by atoms with Crippen molar-refractivity contribution in [2.75, 3.05) is 5.75 Å². The first-order valence-electron chi connectivity index (χ1n) is 10.7. The molecular weight excluding hydrogens is 521 g/mol. The lowest BCUT2D eigenvalue weighted by atomic mass is 10.1. The van der Waals surface area contributed by atoms with E-state index in [0.717, 1.165) is 28.5 Å². The number of benzene rings is 1.